The normalized spacial score (nSPS) is 15.4. The van der Waals surface area contributed by atoms with Gasteiger partial charge in [-0.2, -0.15) is 0 Å². The molecule has 0 radical (unpaired) electrons. The Morgan fingerprint density at radius 2 is 2.16 bits per heavy atom. The van der Waals surface area contributed by atoms with Crippen LogP contribution in [0.2, 0.25) is 0 Å². The summed E-state index contributed by atoms with van der Waals surface area (Å²) in [6, 6.07) is 4.60. The highest BCUT2D eigenvalue weighted by molar-refractivity contribution is 5.90. The molecular formula is C13H17FN2O3. The van der Waals surface area contributed by atoms with Crippen LogP contribution >= 0.6 is 0 Å². The first-order chi connectivity index (χ1) is 9.20. The Hall–Kier alpha value is -1.66. The van der Waals surface area contributed by atoms with E-state index in [0.717, 1.165) is 0 Å². The molecular weight excluding hydrogens is 251 g/mol. The van der Waals surface area contributed by atoms with Crippen molar-refractivity contribution in [1.29, 1.82) is 0 Å². The molecule has 6 heteroatoms. The molecule has 1 fully saturated rings. The van der Waals surface area contributed by atoms with Gasteiger partial charge in [0, 0.05) is 18.8 Å². The molecule has 0 spiro atoms. The van der Waals surface area contributed by atoms with Gasteiger partial charge in [0.25, 0.3) is 0 Å². The third kappa shape index (κ3) is 3.65. The number of nitrogens with zero attached hydrogens (tertiary/aromatic N) is 1. The predicted octanol–water partition coefficient (Wildman–Crippen LogP) is 0.983. The van der Waals surface area contributed by atoms with E-state index in [-0.39, 0.29) is 24.8 Å². The Morgan fingerprint density at radius 1 is 1.42 bits per heavy atom. The van der Waals surface area contributed by atoms with Crippen LogP contribution in [0.3, 0.4) is 0 Å². The molecule has 2 N–H and O–H groups in total. The molecule has 104 valence electrons. The number of ether oxygens (including phenoxy) is 1. The highest BCUT2D eigenvalue weighted by Crippen LogP contribution is 2.23. The van der Waals surface area contributed by atoms with E-state index < -0.39 is 0 Å². The van der Waals surface area contributed by atoms with Gasteiger partial charge >= 0.3 is 0 Å². The maximum absolute atomic E-state index is 14.0. The minimum atomic E-state index is -0.372. The zero-order valence-electron chi connectivity index (χ0n) is 10.6. The first-order valence-electron chi connectivity index (χ1n) is 6.23. The Morgan fingerprint density at radius 3 is 2.79 bits per heavy atom. The summed E-state index contributed by atoms with van der Waals surface area (Å²) in [6.45, 7) is 2.28. The minimum absolute atomic E-state index is 0.00678. The molecule has 1 amide bonds. The smallest absolute Gasteiger partial charge is 0.226 e. The topological polar surface area (TPSA) is 61.8 Å². The van der Waals surface area contributed by atoms with Crippen molar-refractivity contribution in [2.75, 3.05) is 43.1 Å². The molecule has 5 nitrogen and oxygen atoms in total. The number of hydrogen-bond acceptors (Lipinski definition) is 4. The van der Waals surface area contributed by atoms with Crippen molar-refractivity contribution in [3.05, 3.63) is 24.0 Å². The van der Waals surface area contributed by atoms with Gasteiger partial charge in [-0.25, -0.2) is 4.39 Å². The van der Waals surface area contributed by atoms with Gasteiger partial charge in [-0.1, -0.05) is 0 Å². The second-order valence-corrected chi connectivity index (χ2v) is 4.29. The van der Waals surface area contributed by atoms with Crippen molar-refractivity contribution >= 4 is 17.3 Å². The van der Waals surface area contributed by atoms with Crippen LogP contribution in [-0.4, -0.2) is 43.9 Å². The molecule has 0 saturated carbocycles. The number of aliphatic hydroxyl groups excluding tert-OH is 1. The second-order valence-electron chi connectivity index (χ2n) is 4.29. The summed E-state index contributed by atoms with van der Waals surface area (Å²) in [5.74, 6) is -0.704. The highest BCUT2D eigenvalue weighted by Gasteiger charge is 2.15. The fraction of sp³-hybridized carbons (Fsp3) is 0.462. The number of rotatable bonds is 4. The monoisotopic (exact) mass is 268 g/mol. The standard InChI is InChI=1S/C13H17FN2O3/c14-11-9-10(15-13(18)3-6-17)1-2-12(11)16-4-7-19-8-5-16/h1-2,9,17H,3-8H2,(H,15,18). The lowest BCUT2D eigenvalue weighted by Gasteiger charge is -2.29. The molecule has 1 saturated heterocycles. The third-order valence-electron chi connectivity index (χ3n) is 2.92. The van der Waals surface area contributed by atoms with E-state index in [0.29, 0.717) is 37.7 Å². The molecule has 19 heavy (non-hydrogen) atoms. The van der Waals surface area contributed by atoms with E-state index >= 15 is 0 Å². The van der Waals surface area contributed by atoms with Gasteiger partial charge in [0.05, 0.1) is 31.9 Å². The summed E-state index contributed by atoms with van der Waals surface area (Å²) in [5, 5.41) is 11.2. The van der Waals surface area contributed by atoms with Gasteiger partial charge < -0.3 is 20.1 Å². The fourth-order valence-corrected chi connectivity index (χ4v) is 1.97. The first-order valence-corrected chi connectivity index (χ1v) is 6.23. The van der Waals surface area contributed by atoms with Crippen LogP contribution < -0.4 is 10.2 Å². The van der Waals surface area contributed by atoms with E-state index in [1.807, 2.05) is 4.90 Å². The van der Waals surface area contributed by atoms with Crippen molar-refractivity contribution in [3.63, 3.8) is 0 Å². The van der Waals surface area contributed by atoms with E-state index in [1.165, 1.54) is 6.07 Å². The van der Waals surface area contributed by atoms with Crippen LogP contribution in [0.1, 0.15) is 6.42 Å². The number of halogens is 1. The molecule has 0 aliphatic carbocycles. The molecule has 2 rings (SSSR count). The summed E-state index contributed by atoms with van der Waals surface area (Å²) in [5.41, 5.74) is 0.913. The largest absolute Gasteiger partial charge is 0.396 e. The number of aliphatic hydroxyl groups is 1. The molecule has 1 aromatic rings. The molecule has 1 aliphatic rings. The lowest BCUT2D eigenvalue weighted by atomic mass is 10.2. The van der Waals surface area contributed by atoms with Gasteiger partial charge in [0.2, 0.25) is 5.91 Å². The summed E-state index contributed by atoms with van der Waals surface area (Å²) in [6.07, 6.45) is 0.00678. The van der Waals surface area contributed by atoms with Crippen molar-refractivity contribution in [1.82, 2.24) is 0 Å². The van der Waals surface area contributed by atoms with Crippen molar-refractivity contribution in [3.8, 4) is 0 Å². The Kier molecular flexibility index (Phi) is 4.70. The van der Waals surface area contributed by atoms with Crippen molar-refractivity contribution in [2.45, 2.75) is 6.42 Å². The Balaban J connectivity index is 2.06. The van der Waals surface area contributed by atoms with Crippen LogP contribution in [0.25, 0.3) is 0 Å². The van der Waals surface area contributed by atoms with Crippen LogP contribution in [0, 0.1) is 5.82 Å². The second kappa shape index (κ2) is 6.49. The third-order valence-corrected chi connectivity index (χ3v) is 2.92. The molecule has 1 aromatic carbocycles. The number of carbonyl (C=O) groups excluding carboxylic acids is 1. The SMILES string of the molecule is O=C(CCO)Nc1ccc(N2CCOCC2)c(F)c1. The number of nitrogens with one attached hydrogen (secondary N) is 1. The molecule has 1 heterocycles. The van der Waals surface area contributed by atoms with Gasteiger partial charge in [-0.15, -0.1) is 0 Å². The van der Waals surface area contributed by atoms with Crippen molar-refractivity contribution < 1.29 is 19.0 Å². The molecule has 0 unspecified atom stereocenters. The lowest BCUT2D eigenvalue weighted by Crippen LogP contribution is -2.36. The number of benzene rings is 1. The predicted molar refractivity (Wildman–Crippen MR) is 69.8 cm³/mol. The number of anilines is 2. The van der Waals surface area contributed by atoms with Crippen molar-refractivity contribution in [2.24, 2.45) is 0 Å². The maximum atomic E-state index is 14.0. The molecule has 1 aliphatic heterocycles. The summed E-state index contributed by atoms with van der Waals surface area (Å²) < 4.78 is 19.2. The maximum Gasteiger partial charge on any atom is 0.226 e. The number of carbonyl (C=O) groups is 1. The fourth-order valence-electron chi connectivity index (χ4n) is 1.97. The number of amides is 1. The van der Waals surface area contributed by atoms with Crippen LogP contribution in [0.5, 0.6) is 0 Å². The molecule has 0 bridgehead atoms. The van der Waals surface area contributed by atoms with E-state index in [2.05, 4.69) is 5.32 Å². The van der Waals surface area contributed by atoms with Gasteiger partial charge in [-0.05, 0) is 18.2 Å². The van der Waals surface area contributed by atoms with Crippen LogP contribution in [-0.2, 0) is 9.53 Å². The summed E-state index contributed by atoms with van der Waals surface area (Å²) in [4.78, 5) is 13.2. The van der Waals surface area contributed by atoms with Gasteiger partial charge in [0.1, 0.15) is 5.82 Å². The Labute approximate surface area is 111 Å². The first kappa shape index (κ1) is 13.8. The van der Waals surface area contributed by atoms with E-state index in [9.17, 15) is 9.18 Å². The number of hydrogen-bond donors (Lipinski definition) is 2. The Bertz CT molecular complexity index is 448. The summed E-state index contributed by atoms with van der Waals surface area (Å²) >= 11 is 0. The average Bonchev–Trinajstić information content (AvgIpc) is 2.40. The molecule has 0 atom stereocenters. The van der Waals surface area contributed by atoms with E-state index in [1.54, 1.807) is 12.1 Å². The van der Waals surface area contributed by atoms with Gasteiger partial charge in [0.15, 0.2) is 0 Å². The summed E-state index contributed by atoms with van der Waals surface area (Å²) in [7, 11) is 0. The number of morpholine rings is 1. The van der Waals surface area contributed by atoms with Crippen LogP contribution in [0.15, 0.2) is 18.2 Å². The lowest BCUT2D eigenvalue weighted by molar-refractivity contribution is -0.116. The minimum Gasteiger partial charge on any atom is -0.396 e. The zero-order chi connectivity index (χ0) is 13.7. The molecule has 0 aromatic heterocycles. The average molecular weight is 268 g/mol. The zero-order valence-corrected chi connectivity index (χ0v) is 10.6. The van der Waals surface area contributed by atoms with Gasteiger partial charge in [-0.3, -0.25) is 4.79 Å². The highest BCUT2D eigenvalue weighted by atomic mass is 19.1. The van der Waals surface area contributed by atoms with E-state index in [4.69, 9.17) is 9.84 Å². The van der Waals surface area contributed by atoms with Crippen LogP contribution in [0.4, 0.5) is 15.8 Å². The quantitative estimate of drug-likeness (QED) is 0.854.